The highest BCUT2D eigenvalue weighted by atomic mass is 16.2. The molecule has 1 saturated heterocycles. The van der Waals surface area contributed by atoms with E-state index in [0.717, 1.165) is 25.9 Å². The van der Waals surface area contributed by atoms with E-state index in [9.17, 15) is 4.79 Å². The number of piperidine rings is 1. The van der Waals surface area contributed by atoms with Crippen LogP contribution < -0.4 is 5.73 Å². The van der Waals surface area contributed by atoms with Gasteiger partial charge in [0.2, 0.25) is 0 Å². The zero-order chi connectivity index (χ0) is 10.8. The number of nitrogen functional groups attached to an aromatic ring is 1. The summed E-state index contributed by atoms with van der Waals surface area (Å²) in [5.74, 6) is 0.00667. The van der Waals surface area contributed by atoms with E-state index < -0.39 is 0 Å². The van der Waals surface area contributed by atoms with Crippen molar-refractivity contribution in [3.8, 4) is 0 Å². The number of carbonyl (C=O) groups excluding carboxylic acids is 1. The molecule has 1 fully saturated rings. The van der Waals surface area contributed by atoms with Gasteiger partial charge in [-0.25, -0.2) is 0 Å². The molecule has 0 aliphatic carbocycles. The Kier molecular flexibility index (Phi) is 2.62. The number of rotatable bonds is 1. The van der Waals surface area contributed by atoms with Crippen LogP contribution in [-0.2, 0) is 7.05 Å². The van der Waals surface area contributed by atoms with Gasteiger partial charge in [-0.2, -0.15) is 5.10 Å². The van der Waals surface area contributed by atoms with E-state index in [4.69, 9.17) is 5.73 Å². The number of nitrogens with zero attached hydrogens (tertiary/aromatic N) is 3. The lowest BCUT2D eigenvalue weighted by molar-refractivity contribution is 0.0714. The van der Waals surface area contributed by atoms with Crippen molar-refractivity contribution in [1.82, 2.24) is 14.7 Å². The van der Waals surface area contributed by atoms with Crippen LogP contribution in [0.5, 0.6) is 0 Å². The van der Waals surface area contributed by atoms with Gasteiger partial charge in [0, 0.05) is 20.1 Å². The van der Waals surface area contributed by atoms with Crippen LogP contribution in [-0.4, -0.2) is 33.7 Å². The fraction of sp³-hybridized carbons (Fsp3) is 0.600. The Hall–Kier alpha value is -1.52. The summed E-state index contributed by atoms with van der Waals surface area (Å²) in [6.45, 7) is 1.67. The molecule has 0 radical (unpaired) electrons. The van der Waals surface area contributed by atoms with Crippen LogP contribution in [0.2, 0.25) is 0 Å². The third-order valence-electron chi connectivity index (χ3n) is 2.81. The third-order valence-corrected chi connectivity index (χ3v) is 2.81. The molecule has 5 nitrogen and oxygen atoms in total. The van der Waals surface area contributed by atoms with Crippen molar-refractivity contribution in [2.24, 2.45) is 7.05 Å². The summed E-state index contributed by atoms with van der Waals surface area (Å²) in [6.07, 6.45) is 4.91. The molecule has 1 aliphatic rings. The number of anilines is 1. The van der Waals surface area contributed by atoms with Gasteiger partial charge in [0.25, 0.3) is 5.91 Å². The van der Waals surface area contributed by atoms with Gasteiger partial charge < -0.3 is 10.6 Å². The standard InChI is InChI=1S/C10H16N4O/c1-13-9(8(11)7-12-13)10(15)14-5-3-2-4-6-14/h7H,2-6,11H2,1H3. The summed E-state index contributed by atoms with van der Waals surface area (Å²) in [7, 11) is 1.74. The lowest BCUT2D eigenvalue weighted by Gasteiger charge is -2.26. The first-order valence-electron chi connectivity index (χ1n) is 5.27. The molecule has 2 rings (SSSR count). The maximum Gasteiger partial charge on any atom is 0.274 e. The van der Waals surface area contributed by atoms with Crippen molar-refractivity contribution >= 4 is 11.6 Å². The molecule has 1 aromatic rings. The molecule has 2 N–H and O–H groups in total. The molecule has 0 saturated carbocycles. The molecule has 0 bridgehead atoms. The van der Waals surface area contributed by atoms with Crippen LogP contribution in [0, 0.1) is 0 Å². The number of aromatic nitrogens is 2. The molecule has 1 aliphatic heterocycles. The predicted molar refractivity (Wildman–Crippen MR) is 57.4 cm³/mol. The Morgan fingerprint density at radius 2 is 2.07 bits per heavy atom. The van der Waals surface area contributed by atoms with Crippen molar-refractivity contribution in [2.45, 2.75) is 19.3 Å². The van der Waals surface area contributed by atoms with Gasteiger partial charge in [-0.3, -0.25) is 9.48 Å². The Morgan fingerprint density at radius 1 is 1.40 bits per heavy atom. The summed E-state index contributed by atoms with van der Waals surface area (Å²) >= 11 is 0. The van der Waals surface area contributed by atoms with Crippen LogP contribution in [0.4, 0.5) is 5.69 Å². The Balaban J connectivity index is 2.19. The minimum atomic E-state index is 0.00667. The highest BCUT2D eigenvalue weighted by molar-refractivity contribution is 5.97. The van der Waals surface area contributed by atoms with Crippen LogP contribution in [0.3, 0.4) is 0 Å². The molecule has 15 heavy (non-hydrogen) atoms. The first kappa shape index (κ1) is 10.0. The molecule has 5 heteroatoms. The van der Waals surface area contributed by atoms with E-state index in [0.29, 0.717) is 11.4 Å². The van der Waals surface area contributed by atoms with Crippen LogP contribution in [0.1, 0.15) is 29.8 Å². The number of carbonyl (C=O) groups is 1. The smallest absolute Gasteiger partial charge is 0.274 e. The summed E-state index contributed by atoms with van der Waals surface area (Å²) in [4.78, 5) is 13.9. The summed E-state index contributed by atoms with van der Waals surface area (Å²) < 4.78 is 1.55. The lowest BCUT2D eigenvalue weighted by atomic mass is 10.1. The maximum atomic E-state index is 12.1. The van der Waals surface area contributed by atoms with Crippen LogP contribution in [0.15, 0.2) is 6.20 Å². The molecule has 1 aromatic heterocycles. The molecular weight excluding hydrogens is 192 g/mol. The molecule has 0 atom stereocenters. The van der Waals surface area contributed by atoms with Crippen LogP contribution >= 0.6 is 0 Å². The highest BCUT2D eigenvalue weighted by Crippen LogP contribution is 2.16. The predicted octanol–water partition coefficient (Wildman–Crippen LogP) is 0.628. The van der Waals surface area contributed by atoms with Gasteiger partial charge in [-0.15, -0.1) is 0 Å². The summed E-state index contributed by atoms with van der Waals surface area (Å²) in [6, 6.07) is 0. The van der Waals surface area contributed by atoms with Gasteiger partial charge in [0.1, 0.15) is 5.69 Å². The molecule has 0 aromatic carbocycles. The van der Waals surface area contributed by atoms with Crippen molar-refractivity contribution < 1.29 is 4.79 Å². The quantitative estimate of drug-likeness (QED) is 0.736. The Labute approximate surface area is 88.8 Å². The first-order valence-corrected chi connectivity index (χ1v) is 5.27. The van der Waals surface area contributed by atoms with Crippen molar-refractivity contribution in [1.29, 1.82) is 0 Å². The molecular formula is C10H16N4O. The Morgan fingerprint density at radius 3 is 2.60 bits per heavy atom. The van der Waals surface area contributed by atoms with E-state index in [-0.39, 0.29) is 5.91 Å². The number of hydrogen-bond donors (Lipinski definition) is 1. The van der Waals surface area contributed by atoms with Crippen molar-refractivity contribution in [3.05, 3.63) is 11.9 Å². The third kappa shape index (κ3) is 1.82. The molecule has 1 amide bonds. The van der Waals surface area contributed by atoms with Crippen molar-refractivity contribution in [3.63, 3.8) is 0 Å². The maximum absolute atomic E-state index is 12.1. The average molecular weight is 208 g/mol. The normalized spacial score (nSPS) is 16.7. The fourth-order valence-corrected chi connectivity index (χ4v) is 1.96. The zero-order valence-corrected chi connectivity index (χ0v) is 8.94. The highest BCUT2D eigenvalue weighted by Gasteiger charge is 2.22. The van der Waals surface area contributed by atoms with E-state index in [1.165, 1.54) is 12.6 Å². The second-order valence-electron chi connectivity index (χ2n) is 3.92. The SMILES string of the molecule is Cn1ncc(N)c1C(=O)N1CCCCC1. The first-order chi connectivity index (χ1) is 7.20. The molecule has 82 valence electrons. The second kappa shape index (κ2) is 3.92. The molecule has 0 unspecified atom stereocenters. The average Bonchev–Trinajstić information content (AvgIpc) is 2.59. The number of aryl methyl sites for hydroxylation is 1. The van der Waals surface area contributed by atoms with E-state index in [1.54, 1.807) is 11.7 Å². The minimum absolute atomic E-state index is 0.00667. The second-order valence-corrected chi connectivity index (χ2v) is 3.92. The monoisotopic (exact) mass is 208 g/mol. The number of hydrogen-bond acceptors (Lipinski definition) is 3. The molecule has 0 spiro atoms. The van der Waals surface area contributed by atoms with E-state index in [2.05, 4.69) is 5.10 Å². The van der Waals surface area contributed by atoms with Gasteiger partial charge >= 0.3 is 0 Å². The topological polar surface area (TPSA) is 64.2 Å². The number of amides is 1. The minimum Gasteiger partial charge on any atom is -0.396 e. The van der Waals surface area contributed by atoms with Crippen LogP contribution in [0.25, 0.3) is 0 Å². The summed E-state index contributed by atoms with van der Waals surface area (Å²) in [5, 5.41) is 3.98. The lowest BCUT2D eigenvalue weighted by Crippen LogP contribution is -2.37. The van der Waals surface area contributed by atoms with Gasteiger partial charge in [0.15, 0.2) is 0 Å². The van der Waals surface area contributed by atoms with E-state index in [1.807, 2.05) is 4.90 Å². The van der Waals surface area contributed by atoms with Gasteiger partial charge in [-0.1, -0.05) is 0 Å². The van der Waals surface area contributed by atoms with Gasteiger partial charge in [-0.05, 0) is 19.3 Å². The fourth-order valence-electron chi connectivity index (χ4n) is 1.96. The Bertz CT molecular complexity index is 346. The van der Waals surface area contributed by atoms with Crippen molar-refractivity contribution in [2.75, 3.05) is 18.8 Å². The number of nitrogens with two attached hydrogens (primary N) is 1. The summed E-state index contributed by atoms with van der Waals surface area (Å²) in [5.41, 5.74) is 6.69. The van der Waals surface area contributed by atoms with Gasteiger partial charge in [0.05, 0.1) is 11.9 Å². The largest absolute Gasteiger partial charge is 0.396 e. The molecule has 2 heterocycles. The number of likely N-dealkylation sites (tertiary alicyclic amines) is 1. The zero-order valence-electron chi connectivity index (χ0n) is 8.94. The van der Waals surface area contributed by atoms with E-state index >= 15 is 0 Å².